The zero-order valence-electron chi connectivity index (χ0n) is 18.9. The molecule has 0 saturated heterocycles. The van der Waals surface area contributed by atoms with E-state index in [1.807, 2.05) is 39.8 Å². The van der Waals surface area contributed by atoms with Gasteiger partial charge in [0.15, 0.2) is 0 Å². The molecule has 7 heteroatoms. The van der Waals surface area contributed by atoms with Crippen molar-refractivity contribution in [1.82, 2.24) is 0 Å². The van der Waals surface area contributed by atoms with E-state index in [0.29, 0.717) is 22.0 Å². The lowest BCUT2D eigenvalue weighted by molar-refractivity contribution is -0.114. The van der Waals surface area contributed by atoms with Gasteiger partial charge < -0.3 is 5.32 Å². The summed E-state index contributed by atoms with van der Waals surface area (Å²) in [7, 11) is -3.99. The van der Waals surface area contributed by atoms with Gasteiger partial charge >= 0.3 is 0 Å². The Kier molecular flexibility index (Phi) is 6.96. The molecule has 3 aromatic rings. The largest absolute Gasteiger partial charge is 0.324 e. The molecule has 5 nitrogen and oxygen atoms in total. The standard InChI is InChI=1S/C25H27ClN2O3S/c1-16-6-9-22(10-7-16)32(30,31)28(23-11-8-21(26)14-18(23)3)15-24(29)27-25-19(4)12-17(2)13-20(25)5/h6-14H,15H2,1-5H3,(H,27,29). The molecule has 0 fully saturated rings. The van der Waals surface area contributed by atoms with Crippen LogP contribution in [0.4, 0.5) is 11.4 Å². The van der Waals surface area contributed by atoms with Crippen LogP contribution in [-0.4, -0.2) is 20.9 Å². The first-order valence-corrected chi connectivity index (χ1v) is 12.0. The Labute approximate surface area is 195 Å². The first-order chi connectivity index (χ1) is 15.0. The molecule has 0 unspecified atom stereocenters. The highest BCUT2D eigenvalue weighted by atomic mass is 35.5. The van der Waals surface area contributed by atoms with Crippen LogP contribution in [0.1, 0.15) is 27.8 Å². The number of carbonyl (C=O) groups excluding carboxylic acids is 1. The summed E-state index contributed by atoms with van der Waals surface area (Å²) in [5.74, 6) is -0.426. The van der Waals surface area contributed by atoms with E-state index < -0.39 is 15.9 Å². The summed E-state index contributed by atoms with van der Waals surface area (Å²) >= 11 is 6.08. The predicted molar refractivity (Wildman–Crippen MR) is 131 cm³/mol. The summed E-state index contributed by atoms with van der Waals surface area (Å²) in [5, 5.41) is 3.39. The quantitative estimate of drug-likeness (QED) is 0.501. The van der Waals surface area contributed by atoms with Crippen LogP contribution >= 0.6 is 11.6 Å². The van der Waals surface area contributed by atoms with Gasteiger partial charge in [-0.05, 0) is 81.6 Å². The molecular formula is C25H27ClN2O3S. The van der Waals surface area contributed by atoms with Crippen molar-refractivity contribution in [1.29, 1.82) is 0 Å². The van der Waals surface area contributed by atoms with Crippen LogP contribution in [0.2, 0.25) is 5.02 Å². The molecule has 3 rings (SSSR count). The highest BCUT2D eigenvalue weighted by molar-refractivity contribution is 7.92. The van der Waals surface area contributed by atoms with Crippen LogP contribution in [0.5, 0.6) is 0 Å². The van der Waals surface area contributed by atoms with Crippen molar-refractivity contribution in [2.75, 3.05) is 16.2 Å². The topological polar surface area (TPSA) is 66.5 Å². The molecule has 0 aliphatic carbocycles. The number of nitrogens with one attached hydrogen (secondary N) is 1. The third-order valence-electron chi connectivity index (χ3n) is 5.27. The fourth-order valence-electron chi connectivity index (χ4n) is 3.72. The third-order valence-corrected chi connectivity index (χ3v) is 7.27. The minimum atomic E-state index is -3.99. The van der Waals surface area contributed by atoms with E-state index in [0.717, 1.165) is 26.6 Å². The molecule has 0 saturated carbocycles. The minimum absolute atomic E-state index is 0.118. The number of anilines is 2. The predicted octanol–water partition coefficient (Wildman–Crippen LogP) is 5.72. The number of carbonyl (C=O) groups is 1. The van der Waals surface area contributed by atoms with Crippen molar-refractivity contribution in [2.45, 2.75) is 39.5 Å². The van der Waals surface area contributed by atoms with E-state index in [2.05, 4.69) is 5.32 Å². The number of amides is 1. The Balaban J connectivity index is 2.01. The maximum Gasteiger partial charge on any atom is 0.264 e. The number of nitrogens with zero attached hydrogens (tertiary/aromatic N) is 1. The fraction of sp³-hybridized carbons (Fsp3) is 0.240. The summed E-state index contributed by atoms with van der Waals surface area (Å²) in [6.07, 6.45) is 0. The maximum absolute atomic E-state index is 13.6. The van der Waals surface area contributed by atoms with Crippen LogP contribution in [0.25, 0.3) is 0 Å². The minimum Gasteiger partial charge on any atom is -0.324 e. The molecule has 0 spiro atoms. The average Bonchev–Trinajstić information content (AvgIpc) is 2.69. The summed E-state index contributed by atoms with van der Waals surface area (Å²) in [5.41, 5.74) is 5.64. The Hall–Kier alpha value is -2.83. The molecule has 0 aliphatic heterocycles. The molecule has 32 heavy (non-hydrogen) atoms. The molecule has 0 bridgehead atoms. The molecule has 0 aliphatic rings. The van der Waals surface area contributed by atoms with E-state index in [-0.39, 0.29) is 11.4 Å². The molecule has 0 radical (unpaired) electrons. The highest BCUT2D eigenvalue weighted by Gasteiger charge is 2.28. The highest BCUT2D eigenvalue weighted by Crippen LogP contribution is 2.29. The second-order valence-corrected chi connectivity index (χ2v) is 10.4. The van der Waals surface area contributed by atoms with Crippen LogP contribution in [0, 0.1) is 34.6 Å². The van der Waals surface area contributed by atoms with Crippen molar-refractivity contribution in [2.24, 2.45) is 0 Å². The van der Waals surface area contributed by atoms with Crippen LogP contribution in [0.3, 0.4) is 0 Å². The number of rotatable bonds is 6. The van der Waals surface area contributed by atoms with Gasteiger partial charge in [-0.3, -0.25) is 9.10 Å². The molecule has 0 heterocycles. The fourth-order valence-corrected chi connectivity index (χ4v) is 5.43. The lowest BCUT2D eigenvalue weighted by Gasteiger charge is -2.26. The second-order valence-electron chi connectivity index (χ2n) is 8.08. The lowest BCUT2D eigenvalue weighted by atomic mass is 10.1. The molecule has 0 aromatic heterocycles. The number of halogens is 1. The van der Waals surface area contributed by atoms with Gasteiger partial charge in [0.2, 0.25) is 5.91 Å². The lowest BCUT2D eigenvalue weighted by Crippen LogP contribution is -2.38. The van der Waals surface area contributed by atoms with Crippen LogP contribution < -0.4 is 9.62 Å². The summed E-state index contributed by atoms with van der Waals surface area (Å²) in [6.45, 7) is 9.11. The zero-order chi connectivity index (χ0) is 23.6. The van der Waals surface area contributed by atoms with E-state index in [9.17, 15) is 13.2 Å². The van der Waals surface area contributed by atoms with E-state index in [1.54, 1.807) is 49.4 Å². The van der Waals surface area contributed by atoms with Crippen LogP contribution in [-0.2, 0) is 14.8 Å². The number of aryl methyl sites for hydroxylation is 5. The number of hydrogen-bond donors (Lipinski definition) is 1. The molecule has 1 amide bonds. The number of sulfonamides is 1. The van der Waals surface area contributed by atoms with E-state index in [1.165, 1.54) is 0 Å². The first-order valence-electron chi connectivity index (χ1n) is 10.2. The van der Waals surface area contributed by atoms with Crippen molar-refractivity contribution >= 4 is 38.9 Å². The Morgan fingerprint density at radius 3 is 2.00 bits per heavy atom. The van der Waals surface area contributed by atoms with Gasteiger partial charge in [-0.25, -0.2) is 8.42 Å². The SMILES string of the molecule is Cc1ccc(S(=O)(=O)N(CC(=O)Nc2c(C)cc(C)cc2C)c2ccc(Cl)cc2C)cc1. The molecule has 168 valence electrons. The summed E-state index contributed by atoms with van der Waals surface area (Å²) in [4.78, 5) is 13.2. The van der Waals surface area contributed by atoms with Gasteiger partial charge in [-0.2, -0.15) is 0 Å². The first kappa shape index (κ1) is 23.8. The van der Waals surface area contributed by atoms with Crippen molar-refractivity contribution in [3.63, 3.8) is 0 Å². The Morgan fingerprint density at radius 1 is 0.844 bits per heavy atom. The van der Waals surface area contributed by atoms with Crippen molar-refractivity contribution in [3.05, 3.63) is 87.4 Å². The third kappa shape index (κ3) is 5.14. The monoisotopic (exact) mass is 470 g/mol. The number of hydrogen-bond acceptors (Lipinski definition) is 3. The molecule has 3 aromatic carbocycles. The van der Waals surface area contributed by atoms with E-state index in [4.69, 9.17) is 11.6 Å². The molecular weight excluding hydrogens is 444 g/mol. The van der Waals surface area contributed by atoms with E-state index >= 15 is 0 Å². The van der Waals surface area contributed by atoms with Gasteiger partial charge in [0.05, 0.1) is 10.6 Å². The van der Waals surface area contributed by atoms with Crippen molar-refractivity contribution in [3.8, 4) is 0 Å². The second kappa shape index (κ2) is 9.35. The molecule has 1 N–H and O–H groups in total. The smallest absolute Gasteiger partial charge is 0.264 e. The van der Waals surface area contributed by atoms with Gasteiger partial charge in [0.1, 0.15) is 6.54 Å². The van der Waals surface area contributed by atoms with Gasteiger partial charge in [0.25, 0.3) is 10.0 Å². The zero-order valence-corrected chi connectivity index (χ0v) is 20.4. The van der Waals surface area contributed by atoms with Gasteiger partial charge in [0, 0.05) is 10.7 Å². The average molecular weight is 471 g/mol. The van der Waals surface area contributed by atoms with Gasteiger partial charge in [-0.1, -0.05) is 47.0 Å². The Bertz CT molecular complexity index is 1250. The Morgan fingerprint density at radius 2 is 1.44 bits per heavy atom. The van der Waals surface area contributed by atoms with Gasteiger partial charge in [-0.15, -0.1) is 0 Å². The maximum atomic E-state index is 13.6. The normalized spacial score (nSPS) is 11.3. The number of benzene rings is 3. The summed E-state index contributed by atoms with van der Waals surface area (Å²) < 4.78 is 28.3. The van der Waals surface area contributed by atoms with Crippen LogP contribution in [0.15, 0.2) is 59.5 Å². The van der Waals surface area contributed by atoms with Crippen molar-refractivity contribution < 1.29 is 13.2 Å². The molecule has 0 atom stereocenters. The summed E-state index contributed by atoms with van der Waals surface area (Å²) in [6, 6.07) is 15.5.